The van der Waals surface area contributed by atoms with Crippen LogP contribution in [0.25, 0.3) is 0 Å². The van der Waals surface area contributed by atoms with Gasteiger partial charge >= 0.3 is 0 Å². The van der Waals surface area contributed by atoms with E-state index in [-0.39, 0.29) is 10.8 Å². The molecule has 33 heavy (non-hydrogen) atoms. The summed E-state index contributed by atoms with van der Waals surface area (Å²) >= 11 is 0. The van der Waals surface area contributed by atoms with Gasteiger partial charge in [0.05, 0.1) is 17.1 Å². The summed E-state index contributed by atoms with van der Waals surface area (Å²) in [5.74, 6) is 0.752. The second-order valence-corrected chi connectivity index (χ2v) is 8.46. The zero-order valence-electron chi connectivity index (χ0n) is 17.9. The van der Waals surface area contributed by atoms with Crippen molar-refractivity contribution in [1.29, 1.82) is 5.26 Å². The maximum absolute atomic E-state index is 12.6. The van der Waals surface area contributed by atoms with Crippen molar-refractivity contribution in [3.8, 4) is 11.8 Å². The Morgan fingerprint density at radius 2 is 1.79 bits per heavy atom. The maximum Gasteiger partial charge on any atom is 0.261 e. The Morgan fingerprint density at radius 3 is 2.45 bits per heavy atom. The van der Waals surface area contributed by atoms with Crippen LogP contribution in [-0.4, -0.2) is 39.0 Å². The van der Waals surface area contributed by atoms with Gasteiger partial charge in [-0.15, -0.1) is 0 Å². The lowest BCUT2D eigenvalue weighted by Gasteiger charge is -2.10. The molecule has 0 fully saturated rings. The van der Waals surface area contributed by atoms with Gasteiger partial charge < -0.3 is 15.4 Å². The molecule has 0 aliphatic carbocycles. The third kappa shape index (κ3) is 6.44. The molecule has 0 aliphatic rings. The van der Waals surface area contributed by atoms with E-state index in [0.717, 1.165) is 0 Å². The summed E-state index contributed by atoms with van der Waals surface area (Å²) in [4.78, 5) is 16.5. The molecule has 1 aromatic heterocycles. The summed E-state index contributed by atoms with van der Waals surface area (Å²) in [6.07, 6.45) is 1.57. The van der Waals surface area contributed by atoms with Crippen molar-refractivity contribution in [2.45, 2.75) is 11.8 Å². The van der Waals surface area contributed by atoms with Crippen LogP contribution in [0.4, 0.5) is 11.5 Å². The van der Waals surface area contributed by atoms with E-state index in [1.807, 2.05) is 13.0 Å². The fourth-order valence-corrected chi connectivity index (χ4v) is 3.94. The van der Waals surface area contributed by atoms with Gasteiger partial charge in [-0.25, -0.2) is 13.4 Å². The molecule has 0 spiro atoms. The molecule has 0 saturated carbocycles. The topological polar surface area (TPSA) is 133 Å². The molecule has 0 bridgehead atoms. The van der Waals surface area contributed by atoms with Crippen molar-refractivity contribution in [3.63, 3.8) is 0 Å². The Balaban J connectivity index is 1.54. The molecule has 10 heteroatoms. The number of carbonyl (C=O) groups excluding carboxylic acids is 1. The molecule has 0 radical (unpaired) electrons. The monoisotopic (exact) mass is 465 g/mol. The van der Waals surface area contributed by atoms with Crippen LogP contribution in [0.3, 0.4) is 0 Å². The molecule has 1 amide bonds. The van der Waals surface area contributed by atoms with E-state index in [4.69, 9.17) is 10.00 Å². The van der Waals surface area contributed by atoms with E-state index in [1.165, 1.54) is 24.3 Å². The SMILES string of the molecule is CCOc1ccc(NS(=O)(=O)c2ccc(C(=O)NCCNc3ncccc3C#N)cc2)cc1. The van der Waals surface area contributed by atoms with Gasteiger partial charge in [0.25, 0.3) is 15.9 Å². The molecule has 1 heterocycles. The lowest BCUT2D eigenvalue weighted by Crippen LogP contribution is -2.29. The number of sulfonamides is 1. The summed E-state index contributed by atoms with van der Waals surface area (Å²) < 4.78 is 33.1. The summed E-state index contributed by atoms with van der Waals surface area (Å²) in [7, 11) is -3.80. The number of amides is 1. The summed E-state index contributed by atoms with van der Waals surface area (Å²) in [5, 5.41) is 14.8. The molecule has 3 N–H and O–H groups in total. The molecular weight excluding hydrogens is 442 g/mol. The van der Waals surface area contributed by atoms with E-state index in [9.17, 15) is 13.2 Å². The van der Waals surface area contributed by atoms with Gasteiger partial charge in [0, 0.05) is 30.5 Å². The first kappa shape index (κ1) is 23.6. The molecule has 3 rings (SSSR count). The Morgan fingerprint density at radius 1 is 1.06 bits per heavy atom. The molecule has 170 valence electrons. The number of pyridine rings is 1. The molecule has 2 aromatic carbocycles. The van der Waals surface area contributed by atoms with Gasteiger partial charge in [0.15, 0.2) is 0 Å². The molecule has 0 unspecified atom stereocenters. The van der Waals surface area contributed by atoms with Crippen molar-refractivity contribution < 1.29 is 17.9 Å². The normalized spacial score (nSPS) is 10.7. The van der Waals surface area contributed by atoms with Crippen molar-refractivity contribution in [2.24, 2.45) is 0 Å². The van der Waals surface area contributed by atoms with Crippen LogP contribution in [0.15, 0.2) is 71.8 Å². The molecule has 0 aliphatic heterocycles. The first-order valence-corrected chi connectivity index (χ1v) is 11.6. The molecule has 0 saturated heterocycles. The van der Waals surface area contributed by atoms with Gasteiger partial charge in [0.2, 0.25) is 0 Å². The van der Waals surface area contributed by atoms with Gasteiger partial charge in [-0.05, 0) is 67.6 Å². The minimum Gasteiger partial charge on any atom is -0.494 e. The summed E-state index contributed by atoms with van der Waals surface area (Å²) in [5.41, 5.74) is 1.14. The first-order valence-electron chi connectivity index (χ1n) is 10.2. The number of aromatic nitrogens is 1. The van der Waals surface area contributed by atoms with Crippen LogP contribution in [0.2, 0.25) is 0 Å². The minimum atomic E-state index is -3.80. The van der Waals surface area contributed by atoms with Crippen molar-refractivity contribution in [1.82, 2.24) is 10.3 Å². The van der Waals surface area contributed by atoms with Gasteiger partial charge in [-0.3, -0.25) is 9.52 Å². The van der Waals surface area contributed by atoms with Crippen LogP contribution < -0.4 is 20.1 Å². The summed E-state index contributed by atoms with van der Waals surface area (Å²) in [6.45, 7) is 3.05. The third-order valence-corrected chi connectivity index (χ3v) is 5.87. The van der Waals surface area contributed by atoms with Gasteiger partial charge in [-0.2, -0.15) is 5.26 Å². The number of hydrogen-bond acceptors (Lipinski definition) is 7. The summed E-state index contributed by atoms with van der Waals surface area (Å²) in [6, 6.07) is 17.6. The van der Waals surface area contributed by atoms with Crippen LogP contribution in [0, 0.1) is 11.3 Å². The van der Waals surface area contributed by atoms with Crippen molar-refractivity contribution in [3.05, 3.63) is 78.0 Å². The van der Waals surface area contributed by atoms with E-state index in [2.05, 4.69) is 20.3 Å². The van der Waals surface area contributed by atoms with Crippen molar-refractivity contribution >= 4 is 27.4 Å². The highest BCUT2D eigenvalue weighted by molar-refractivity contribution is 7.92. The molecular formula is C23H23N5O4S. The fraction of sp³-hybridized carbons (Fsp3) is 0.174. The lowest BCUT2D eigenvalue weighted by atomic mass is 10.2. The van der Waals surface area contributed by atoms with E-state index >= 15 is 0 Å². The number of nitrogens with zero attached hydrogens (tertiary/aromatic N) is 2. The Kier molecular flexibility index (Phi) is 7.83. The number of hydrogen-bond donors (Lipinski definition) is 3. The second-order valence-electron chi connectivity index (χ2n) is 6.78. The largest absolute Gasteiger partial charge is 0.494 e. The van der Waals surface area contributed by atoms with Crippen LogP contribution >= 0.6 is 0 Å². The standard InChI is InChI=1S/C23H23N5O4S/c1-2-32-20-9-7-19(8-10-20)28-33(30,31)21-11-5-17(6-12-21)23(29)27-15-14-26-22-18(16-24)4-3-13-25-22/h3-13,28H,2,14-15H2,1H3,(H,25,26)(H,27,29). The van der Waals surface area contributed by atoms with Crippen LogP contribution in [0.1, 0.15) is 22.8 Å². The molecule has 0 atom stereocenters. The number of anilines is 2. The Bertz CT molecular complexity index is 1240. The van der Waals surface area contributed by atoms with Crippen molar-refractivity contribution in [2.75, 3.05) is 29.7 Å². The zero-order valence-corrected chi connectivity index (χ0v) is 18.7. The fourth-order valence-electron chi connectivity index (χ4n) is 2.88. The third-order valence-electron chi connectivity index (χ3n) is 4.48. The lowest BCUT2D eigenvalue weighted by molar-refractivity contribution is 0.0955. The number of nitrogens with one attached hydrogen (secondary N) is 3. The van der Waals surface area contributed by atoms with Crippen LogP contribution in [-0.2, 0) is 10.0 Å². The van der Waals surface area contributed by atoms with E-state index in [0.29, 0.717) is 48.1 Å². The predicted octanol–water partition coefficient (Wildman–Crippen LogP) is 2.99. The second kappa shape index (κ2) is 11.0. The Hall–Kier alpha value is -4.10. The molecule has 3 aromatic rings. The number of nitriles is 1. The van der Waals surface area contributed by atoms with Gasteiger partial charge in [-0.1, -0.05) is 0 Å². The van der Waals surface area contributed by atoms with Crippen LogP contribution in [0.5, 0.6) is 5.75 Å². The smallest absolute Gasteiger partial charge is 0.261 e. The highest BCUT2D eigenvalue weighted by Gasteiger charge is 2.15. The zero-order chi connectivity index (χ0) is 23.7. The first-order chi connectivity index (χ1) is 15.9. The minimum absolute atomic E-state index is 0.0359. The molecule has 9 nitrogen and oxygen atoms in total. The Labute approximate surface area is 192 Å². The number of carbonyl (C=O) groups is 1. The number of benzene rings is 2. The number of ether oxygens (including phenoxy) is 1. The van der Waals surface area contributed by atoms with Gasteiger partial charge in [0.1, 0.15) is 17.6 Å². The maximum atomic E-state index is 12.6. The highest BCUT2D eigenvalue weighted by Crippen LogP contribution is 2.20. The average molecular weight is 466 g/mol. The number of rotatable bonds is 10. The highest BCUT2D eigenvalue weighted by atomic mass is 32.2. The average Bonchev–Trinajstić information content (AvgIpc) is 2.83. The van der Waals surface area contributed by atoms with E-state index < -0.39 is 10.0 Å². The quantitative estimate of drug-likeness (QED) is 0.392. The van der Waals surface area contributed by atoms with E-state index in [1.54, 1.807) is 42.6 Å². The predicted molar refractivity (Wildman–Crippen MR) is 125 cm³/mol.